The summed E-state index contributed by atoms with van der Waals surface area (Å²) in [4.78, 5) is 2.53. The van der Waals surface area contributed by atoms with E-state index >= 15 is 0 Å². The van der Waals surface area contributed by atoms with Gasteiger partial charge in [-0.25, -0.2) is 0 Å². The van der Waals surface area contributed by atoms with E-state index in [0.717, 1.165) is 43.4 Å². The first kappa shape index (κ1) is 16.2. The summed E-state index contributed by atoms with van der Waals surface area (Å²) in [6.07, 6.45) is 2.49. The molecule has 1 aromatic carbocycles. The Balaban J connectivity index is 1.49. The molecule has 1 saturated heterocycles. The fraction of sp³-hybridized carbons (Fsp3) is 0.526. The molecule has 23 heavy (non-hydrogen) atoms. The maximum absolute atomic E-state index is 9.10. The van der Waals surface area contributed by atoms with Crippen LogP contribution in [0.3, 0.4) is 0 Å². The molecule has 1 N–H and O–H groups in total. The Kier molecular flexibility index (Phi) is 5.13. The molecule has 1 aliphatic heterocycles. The summed E-state index contributed by atoms with van der Waals surface area (Å²) >= 11 is 0. The average Bonchev–Trinajstić information content (AvgIpc) is 2.87. The van der Waals surface area contributed by atoms with Crippen molar-refractivity contribution in [1.82, 2.24) is 14.7 Å². The smallest absolute Gasteiger partial charge is 0.0681 e. The first-order chi connectivity index (χ1) is 11.1. The van der Waals surface area contributed by atoms with Crippen molar-refractivity contribution in [1.29, 1.82) is 0 Å². The molecule has 1 aromatic heterocycles. The minimum absolute atomic E-state index is 0.123. The summed E-state index contributed by atoms with van der Waals surface area (Å²) in [5.74, 6) is 0.737. The molecular weight excluding hydrogens is 286 g/mol. The van der Waals surface area contributed by atoms with Gasteiger partial charge in [-0.05, 0) is 62.9 Å². The molecule has 2 aromatic rings. The van der Waals surface area contributed by atoms with E-state index < -0.39 is 0 Å². The SMILES string of the molecule is Cc1cc(C)n(CC2CCN(Cc3ccc(CO)cc3)CC2)n1. The zero-order chi connectivity index (χ0) is 16.2. The predicted molar refractivity (Wildman–Crippen MR) is 92.1 cm³/mol. The molecule has 3 rings (SSSR count). The number of rotatable bonds is 5. The van der Waals surface area contributed by atoms with Crippen LogP contribution >= 0.6 is 0 Å². The van der Waals surface area contributed by atoms with Crippen LogP contribution in [0.5, 0.6) is 0 Å². The largest absolute Gasteiger partial charge is 0.392 e. The van der Waals surface area contributed by atoms with Crippen molar-refractivity contribution in [2.24, 2.45) is 5.92 Å². The second-order valence-electron chi connectivity index (χ2n) is 6.80. The number of aliphatic hydroxyl groups excluding tert-OH is 1. The van der Waals surface area contributed by atoms with E-state index in [1.54, 1.807) is 0 Å². The number of likely N-dealkylation sites (tertiary alicyclic amines) is 1. The standard InChI is InChI=1S/C19H27N3O/c1-15-11-16(2)22(20-15)13-18-7-9-21(10-8-18)12-17-3-5-19(14-23)6-4-17/h3-6,11,18,23H,7-10,12-14H2,1-2H3. The highest BCUT2D eigenvalue weighted by Gasteiger charge is 2.20. The summed E-state index contributed by atoms with van der Waals surface area (Å²) < 4.78 is 2.17. The van der Waals surface area contributed by atoms with Crippen LogP contribution in [-0.2, 0) is 19.7 Å². The molecule has 0 radical (unpaired) electrons. The Morgan fingerprint density at radius 3 is 2.30 bits per heavy atom. The monoisotopic (exact) mass is 313 g/mol. The van der Waals surface area contributed by atoms with Gasteiger partial charge in [0, 0.05) is 18.8 Å². The lowest BCUT2D eigenvalue weighted by Crippen LogP contribution is -2.34. The van der Waals surface area contributed by atoms with Gasteiger partial charge in [0.05, 0.1) is 12.3 Å². The minimum atomic E-state index is 0.123. The molecule has 0 saturated carbocycles. The Morgan fingerprint density at radius 2 is 1.74 bits per heavy atom. The van der Waals surface area contributed by atoms with Gasteiger partial charge in [0.2, 0.25) is 0 Å². The molecule has 1 aliphatic rings. The zero-order valence-corrected chi connectivity index (χ0v) is 14.2. The van der Waals surface area contributed by atoms with E-state index in [-0.39, 0.29) is 6.61 Å². The van der Waals surface area contributed by atoms with Gasteiger partial charge in [0.25, 0.3) is 0 Å². The van der Waals surface area contributed by atoms with Crippen molar-refractivity contribution >= 4 is 0 Å². The number of aromatic nitrogens is 2. The topological polar surface area (TPSA) is 41.3 Å². The Labute approximate surface area is 138 Å². The van der Waals surface area contributed by atoms with Crippen molar-refractivity contribution in [3.05, 3.63) is 52.8 Å². The van der Waals surface area contributed by atoms with E-state index in [2.05, 4.69) is 46.7 Å². The molecular formula is C19H27N3O. The van der Waals surface area contributed by atoms with Crippen LogP contribution in [0, 0.1) is 19.8 Å². The first-order valence-corrected chi connectivity index (χ1v) is 8.56. The van der Waals surface area contributed by atoms with Gasteiger partial charge in [0.1, 0.15) is 0 Å². The average molecular weight is 313 g/mol. The van der Waals surface area contributed by atoms with E-state index in [9.17, 15) is 0 Å². The van der Waals surface area contributed by atoms with Crippen molar-refractivity contribution < 1.29 is 5.11 Å². The van der Waals surface area contributed by atoms with Gasteiger partial charge in [-0.1, -0.05) is 24.3 Å². The molecule has 0 spiro atoms. The number of benzene rings is 1. The number of piperidine rings is 1. The van der Waals surface area contributed by atoms with Crippen LogP contribution in [-0.4, -0.2) is 32.9 Å². The molecule has 124 valence electrons. The fourth-order valence-corrected chi connectivity index (χ4v) is 3.44. The Hall–Kier alpha value is -1.65. The Morgan fingerprint density at radius 1 is 1.09 bits per heavy atom. The molecule has 0 atom stereocenters. The van der Waals surface area contributed by atoms with Crippen molar-refractivity contribution in [2.45, 2.75) is 46.4 Å². The molecule has 4 heteroatoms. The summed E-state index contributed by atoms with van der Waals surface area (Å²) in [7, 11) is 0. The summed E-state index contributed by atoms with van der Waals surface area (Å²) in [5.41, 5.74) is 4.71. The summed E-state index contributed by atoms with van der Waals surface area (Å²) in [6, 6.07) is 10.5. The lowest BCUT2D eigenvalue weighted by Gasteiger charge is -2.32. The van der Waals surface area contributed by atoms with E-state index in [4.69, 9.17) is 5.11 Å². The third-order valence-electron chi connectivity index (χ3n) is 4.85. The van der Waals surface area contributed by atoms with Gasteiger partial charge in [-0.3, -0.25) is 9.58 Å². The van der Waals surface area contributed by atoms with Crippen molar-refractivity contribution in [2.75, 3.05) is 13.1 Å². The van der Waals surface area contributed by atoms with Crippen LogP contribution < -0.4 is 0 Å². The highest BCUT2D eigenvalue weighted by atomic mass is 16.3. The maximum atomic E-state index is 9.10. The molecule has 4 nitrogen and oxygen atoms in total. The normalized spacial score (nSPS) is 16.8. The third kappa shape index (κ3) is 4.21. The van der Waals surface area contributed by atoms with E-state index in [1.165, 1.54) is 24.1 Å². The molecule has 0 aliphatic carbocycles. The Bertz CT molecular complexity index is 625. The molecule has 0 unspecified atom stereocenters. The fourth-order valence-electron chi connectivity index (χ4n) is 3.44. The lowest BCUT2D eigenvalue weighted by molar-refractivity contribution is 0.164. The van der Waals surface area contributed by atoms with Gasteiger partial charge >= 0.3 is 0 Å². The van der Waals surface area contributed by atoms with Gasteiger partial charge in [-0.15, -0.1) is 0 Å². The number of aliphatic hydroxyl groups is 1. The van der Waals surface area contributed by atoms with E-state index in [0.29, 0.717) is 0 Å². The van der Waals surface area contributed by atoms with Gasteiger partial charge in [0.15, 0.2) is 0 Å². The highest BCUT2D eigenvalue weighted by molar-refractivity contribution is 5.21. The number of aryl methyl sites for hydroxylation is 2. The van der Waals surface area contributed by atoms with Crippen molar-refractivity contribution in [3.8, 4) is 0 Å². The van der Waals surface area contributed by atoms with Gasteiger partial charge in [-0.2, -0.15) is 5.10 Å². The predicted octanol–water partition coefficient (Wildman–Crippen LogP) is 2.90. The van der Waals surface area contributed by atoms with Crippen LogP contribution in [0.2, 0.25) is 0 Å². The first-order valence-electron chi connectivity index (χ1n) is 8.56. The lowest BCUT2D eigenvalue weighted by atomic mass is 9.96. The second kappa shape index (κ2) is 7.28. The quantitative estimate of drug-likeness (QED) is 0.923. The van der Waals surface area contributed by atoms with Crippen LogP contribution in [0.15, 0.2) is 30.3 Å². The zero-order valence-electron chi connectivity index (χ0n) is 14.2. The van der Waals surface area contributed by atoms with E-state index in [1.807, 2.05) is 12.1 Å². The molecule has 0 amide bonds. The second-order valence-corrected chi connectivity index (χ2v) is 6.80. The van der Waals surface area contributed by atoms with Crippen LogP contribution in [0.25, 0.3) is 0 Å². The van der Waals surface area contributed by atoms with Gasteiger partial charge < -0.3 is 5.11 Å². The van der Waals surface area contributed by atoms with Crippen LogP contribution in [0.1, 0.15) is 35.4 Å². The molecule has 1 fully saturated rings. The molecule has 2 heterocycles. The van der Waals surface area contributed by atoms with Crippen molar-refractivity contribution in [3.63, 3.8) is 0 Å². The minimum Gasteiger partial charge on any atom is -0.392 e. The van der Waals surface area contributed by atoms with Crippen LogP contribution in [0.4, 0.5) is 0 Å². The summed E-state index contributed by atoms with van der Waals surface area (Å²) in [6.45, 7) is 8.71. The number of hydrogen-bond donors (Lipinski definition) is 1. The maximum Gasteiger partial charge on any atom is 0.0681 e. The molecule has 0 bridgehead atoms. The number of hydrogen-bond acceptors (Lipinski definition) is 3. The highest BCUT2D eigenvalue weighted by Crippen LogP contribution is 2.21. The summed E-state index contributed by atoms with van der Waals surface area (Å²) in [5, 5.41) is 13.7. The number of nitrogens with zero attached hydrogens (tertiary/aromatic N) is 3. The third-order valence-corrected chi connectivity index (χ3v) is 4.85.